The van der Waals surface area contributed by atoms with Crippen LogP contribution in [-0.2, 0) is 20.8 Å². The van der Waals surface area contributed by atoms with E-state index in [0.717, 1.165) is 37.8 Å². The minimum Gasteiger partial charge on any atom is -0.368 e. The molecule has 1 aliphatic heterocycles. The number of unbranched alkanes of at least 4 members (excludes halogenated alkanes) is 1. The summed E-state index contributed by atoms with van der Waals surface area (Å²) in [4.78, 5) is 37.4. The van der Waals surface area contributed by atoms with E-state index in [1.54, 1.807) is 0 Å². The molecule has 1 unspecified atom stereocenters. The van der Waals surface area contributed by atoms with E-state index in [1.807, 2.05) is 30.3 Å². The van der Waals surface area contributed by atoms with Gasteiger partial charge in [-0.25, -0.2) is 0 Å². The zero-order valence-corrected chi connectivity index (χ0v) is 16.9. The van der Waals surface area contributed by atoms with Crippen LogP contribution in [0.2, 0.25) is 0 Å². The minimum atomic E-state index is -0.787. The van der Waals surface area contributed by atoms with Crippen LogP contribution in [0.25, 0.3) is 0 Å². The number of primary amides is 1. The maximum Gasteiger partial charge on any atom is 0.243 e. The molecular weight excluding hydrogens is 370 g/mol. The van der Waals surface area contributed by atoms with Crippen molar-refractivity contribution in [3.8, 4) is 0 Å². The number of amides is 3. The van der Waals surface area contributed by atoms with E-state index in [-0.39, 0.29) is 11.9 Å². The molecule has 2 rings (SSSR count). The number of piperidine rings is 1. The smallest absolute Gasteiger partial charge is 0.243 e. The maximum atomic E-state index is 12.9. The van der Waals surface area contributed by atoms with Gasteiger partial charge in [0.1, 0.15) is 12.1 Å². The number of nitrogens with one attached hydrogen (secondary N) is 3. The first-order chi connectivity index (χ1) is 14.0. The summed E-state index contributed by atoms with van der Waals surface area (Å²) in [5, 5.41) is 8.77. The summed E-state index contributed by atoms with van der Waals surface area (Å²) >= 11 is 0. The fourth-order valence-corrected chi connectivity index (χ4v) is 3.46. The lowest BCUT2D eigenvalue weighted by molar-refractivity contribution is -0.132. The zero-order chi connectivity index (χ0) is 21.1. The predicted molar refractivity (Wildman–Crippen MR) is 112 cm³/mol. The van der Waals surface area contributed by atoms with Gasteiger partial charge in [0.15, 0.2) is 0 Å². The van der Waals surface area contributed by atoms with Crippen molar-refractivity contribution in [2.75, 3.05) is 13.1 Å². The Morgan fingerprint density at radius 3 is 2.45 bits per heavy atom. The third-order valence-electron chi connectivity index (χ3n) is 5.15. The number of nitrogens with two attached hydrogens (primary N) is 2. The Balaban J connectivity index is 2.06. The van der Waals surface area contributed by atoms with E-state index < -0.39 is 23.9 Å². The van der Waals surface area contributed by atoms with Gasteiger partial charge in [0.05, 0.1) is 6.04 Å². The highest BCUT2D eigenvalue weighted by atomic mass is 16.2. The second kappa shape index (κ2) is 12.2. The monoisotopic (exact) mass is 403 g/mol. The molecule has 3 atom stereocenters. The molecule has 3 amide bonds. The summed E-state index contributed by atoms with van der Waals surface area (Å²) < 4.78 is 0. The van der Waals surface area contributed by atoms with Crippen LogP contribution in [0.15, 0.2) is 30.3 Å². The third-order valence-corrected chi connectivity index (χ3v) is 5.15. The Hall–Kier alpha value is -2.45. The van der Waals surface area contributed by atoms with Crippen molar-refractivity contribution in [1.82, 2.24) is 16.0 Å². The Morgan fingerprint density at radius 1 is 1.07 bits per heavy atom. The van der Waals surface area contributed by atoms with E-state index in [4.69, 9.17) is 11.5 Å². The molecule has 1 heterocycles. The van der Waals surface area contributed by atoms with Gasteiger partial charge in [-0.1, -0.05) is 36.8 Å². The van der Waals surface area contributed by atoms with Crippen LogP contribution in [0.3, 0.4) is 0 Å². The molecule has 8 nitrogen and oxygen atoms in total. The zero-order valence-electron chi connectivity index (χ0n) is 16.9. The Bertz CT molecular complexity index is 662. The molecule has 7 N–H and O–H groups in total. The van der Waals surface area contributed by atoms with Gasteiger partial charge in [-0.3, -0.25) is 14.4 Å². The summed E-state index contributed by atoms with van der Waals surface area (Å²) in [6.07, 6.45) is 4.96. The molecule has 0 bridgehead atoms. The van der Waals surface area contributed by atoms with Crippen molar-refractivity contribution in [2.45, 2.75) is 63.1 Å². The van der Waals surface area contributed by atoms with Gasteiger partial charge in [0.2, 0.25) is 17.7 Å². The van der Waals surface area contributed by atoms with Gasteiger partial charge in [-0.2, -0.15) is 0 Å². The van der Waals surface area contributed by atoms with Crippen LogP contribution in [0.5, 0.6) is 0 Å². The van der Waals surface area contributed by atoms with Gasteiger partial charge >= 0.3 is 0 Å². The number of benzene rings is 1. The standard InChI is InChI=1S/C21H33N5O3/c22-12-6-4-10-16(19(23)27)25-21(29)18(14-15-8-2-1-3-9-15)26-20(28)17-11-5-7-13-24-17/h1-3,8-9,16-18,24H,4-7,10-14,22H2,(H2,23,27)(H,25,29)(H,26,28)/t16-,17?,18-/m0/s1. The van der Waals surface area contributed by atoms with Gasteiger partial charge in [-0.15, -0.1) is 0 Å². The Kier molecular flexibility index (Phi) is 9.59. The van der Waals surface area contributed by atoms with Crippen molar-refractivity contribution in [3.05, 3.63) is 35.9 Å². The van der Waals surface area contributed by atoms with Crippen LogP contribution in [0.4, 0.5) is 0 Å². The van der Waals surface area contributed by atoms with Crippen LogP contribution >= 0.6 is 0 Å². The molecule has 1 aromatic carbocycles. The van der Waals surface area contributed by atoms with Crippen molar-refractivity contribution < 1.29 is 14.4 Å². The fourth-order valence-electron chi connectivity index (χ4n) is 3.46. The van der Waals surface area contributed by atoms with Crippen LogP contribution in [0, 0.1) is 0 Å². The Labute approximate surface area is 172 Å². The number of hydrogen-bond acceptors (Lipinski definition) is 5. The number of rotatable bonds is 11. The highest BCUT2D eigenvalue weighted by Crippen LogP contribution is 2.09. The van der Waals surface area contributed by atoms with Gasteiger partial charge in [-0.05, 0) is 50.8 Å². The summed E-state index contributed by atoms with van der Waals surface area (Å²) in [5.74, 6) is -1.19. The molecule has 1 saturated heterocycles. The van der Waals surface area contributed by atoms with Crippen molar-refractivity contribution in [1.29, 1.82) is 0 Å². The van der Waals surface area contributed by atoms with E-state index in [9.17, 15) is 14.4 Å². The molecule has 0 radical (unpaired) electrons. The highest BCUT2D eigenvalue weighted by Gasteiger charge is 2.28. The third kappa shape index (κ3) is 7.83. The van der Waals surface area contributed by atoms with Crippen LogP contribution in [-0.4, -0.2) is 48.9 Å². The molecule has 0 saturated carbocycles. The number of hydrogen-bond donors (Lipinski definition) is 5. The molecule has 8 heteroatoms. The van der Waals surface area contributed by atoms with Gasteiger partial charge in [0, 0.05) is 6.42 Å². The molecule has 0 aliphatic carbocycles. The first kappa shape index (κ1) is 22.8. The largest absolute Gasteiger partial charge is 0.368 e. The SMILES string of the molecule is NCCCC[C@H](NC(=O)[C@H](Cc1ccccc1)NC(=O)C1CCCCN1)C(N)=O. The lowest BCUT2D eigenvalue weighted by atomic mass is 10.0. The number of carbonyl (C=O) groups excluding carboxylic acids is 3. The van der Waals surface area contributed by atoms with E-state index in [2.05, 4.69) is 16.0 Å². The lowest BCUT2D eigenvalue weighted by Crippen LogP contribution is -2.57. The normalized spacial score (nSPS) is 18.4. The first-order valence-electron chi connectivity index (χ1n) is 10.4. The lowest BCUT2D eigenvalue weighted by Gasteiger charge is -2.26. The van der Waals surface area contributed by atoms with Crippen LogP contribution < -0.4 is 27.4 Å². The van der Waals surface area contributed by atoms with Crippen molar-refractivity contribution in [2.24, 2.45) is 11.5 Å². The average Bonchev–Trinajstić information content (AvgIpc) is 2.73. The summed E-state index contributed by atoms with van der Waals surface area (Å²) in [7, 11) is 0. The van der Waals surface area contributed by atoms with Crippen molar-refractivity contribution >= 4 is 17.7 Å². The molecule has 0 spiro atoms. The fraction of sp³-hybridized carbons (Fsp3) is 0.571. The minimum absolute atomic E-state index is 0.195. The van der Waals surface area contributed by atoms with Crippen LogP contribution in [0.1, 0.15) is 44.1 Å². The second-order valence-electron chi connectivity index (χ2n) is 7.50. The maximum absolute atomic E-state index is 12.9. The van der Waals surface area contributed by atoms with Crippen molar-refractivity contribution in [3.63, 3.8) is 0 Å². The topological polar surface area (TPSA) is 139 Å². The van der Waals surface area contributed by atoms with Gasteiger partial charge < -0.3 is 27.4 Å². The summed E-state index contributed by atoms with van der Waals surface area (Å²) in [6.45, 7) is 1.30. The molecule has 1 aliphatic rings. The average molecular weight is 404 g/mol. The number of carbonyl (C=O) groups is 3. The molecule has 29 heavy (non-hydrogen) atoms. The molecule has 1 aromatic rings. The van der Waals surface area contributed by atoms with E-state index >= 15 is 0 Å². The summed E-state index contributed by atoms with van der Waals surface area (Å²) in [5.41, 5.74) is 11.9. The van der Waals surface area contributed by atoms with E-state index in [1.165, 1.54) is 0 Å². The highest BCUT2D eigenvalue weighted by molar-refractivity contribution is 5.92. The molecular formula is C21H33N5O3. The quantitative estimate of drug-likeness (QED) is 0.330. The molecule has 160 valence electrons. The van der Waals surface area contributed by atoms with E-state index in [0.29, 0.717) is 25.8 Å². The molecule has 1 fully saturated rings. The summed E-state index contributed by atoms with van der Waals surface area (Å²) in [6, 6.07) is 7.59. The first-order valence-corrected chi connectivity index (χ1v) is 10.4. The Morgan fingerprint density at radius 2 is 1.83 bits per heavy atom. The second-order valence-corrected chi connectivity index (χ2v) is 7.50. The molecule has 0 aromatic heterocycles. The van der Waals surface area contributed by atoms with Gasteiger partial charge in [0.25, 0.3) is 0 Å². The predicted octanol–water partition coefficient (Wildman–Crippen LogP) is -0.0449.